The highest BCUT2D eigenvalue weighted by atomic mass is 35.5. The number of fused-ring (bicyclic) bond motifs is 1. The molecule has 1 aliphatic rings. The van der Waals surface area contributed by atoms with Crippen LogP contribution in [0.4, 0.5) is 22.4 Å². The van der Waals surface area contributed by atoms with Gasteiger partial charge >= 0.3 is 12.3 Å². The SMILES string of the molecule is CC(C)(C)OC(=O)N1C[C@@H](NC(=O)COc2ccc(Cl)c(F)c2)CC[C@@H]1c1cn2ccc(C(F)(F)F)cc2n1. The van der Waals surface area contributed by atoms with Crippen LogP contribution in [0.1, 0.15) is 50.9 Å². The molecule has 0 bridgehead atoms. The molecule has 0 spiro atoms. The third-order valence-corrected chi connectivity index (χ3v) is 6.29. The molecule has 1 aromatic carbocycles. The summed E-state index contributed by atoms with van der Waals surface area (Å²) in [5.74, 6) is -1.03. The summed E-state index contributed by atoms with van der Waals surface area (Å²) in [5, 5.41) is 2.73. The Balaban J connectivity index is 1.49. The fourth-order valence-corrected chi connectivity index (χ4v) is 4.36. The number of carbonyl (C=O) groups is 2. The van der Waals surface area contributed by atoms with Crippen molar-refractivity contribution in [3.8, 4) is 5.75 Å². The molecule has 0 radical (unpaired) electrons. The summed E-state index contributed by atoms with van der Waals surface area (Å²) in [6.07, 6.45) is -1.50. The van der Waals surface area contributed by atoms with Gasteiger partial charge in [0.1, 0.15) is 22.8 Å². The lowest BCUT2D eigenvalue weighted by Gasteiger charge is -2.39. The summed E-state index contributed by atoms with van der Waals surface area (Å²) >= 11 is 5.65. The van der Waals surface area contributed by atoms with Crippen molar-refractivity contribution in [1.29, 1.82) is 0 Å². The minimum Gasteiger partial charge on any atom is -0.484 e. The molecule has 1 aliphatic heterocycles. The largest absolute Gasteiger partial charge is 0.484 e. The van der Waals surface area contributed by atoms with E-state index in [1.165, 1.54) is 27.6 Å². The molecule has 1 fully saturated rings. The molecule has 13 heteroatoms. The number of rotatable bonds is 5. The Labute approximate surface area is 226 Å². The number of aromatic nitrogens is 2. The van der Waals surface area contributed by atoms with Gasteiger partial charge in [0.25, 0.3) is 5.91 Å². The topological polar surface area (TPSA) is 85.2 Å². The standard InChI is InChI=1S/C26H27ClF4N4O4/c1-25(2,3)39-24(37)35-12-16(32-23(36)14-38-17-5-6-18(27)19(28)11-17)4-7-21(35)20-13-34-9-8-15(26(29,30)31)10-22(34)33-20/h5-6,8-11,13,16,21H,4,7,12,14H2,1-3H3,(H,32,36)/t16-,21+/m0/s1. The minimum atomic E-state index is -4.52. The lowest BCUT2D eigenvalue weighted by Crippen LogP contribution is -2.52. The average Bonchev–Trinajstić information content (AvgIpc) is 3.26. The number of carbonyl (C=O) groups excluding carboxylic acids is 2. The molecule has 8 nitrogen and oxygen atoms in total. The zero-order chi connectivity index (χ0) is 28.5. The van der Waals surface area contributed by atoms with Crippen LogP contribution in [0, 0.1) is 5.82 Å². The smallest absolute Gasteiger partial charge is 0.416 e. The van der Waals surface area contributed by atoms with Gasteiger partial charge in [-0.1, -0.05) is 11.6 Å². The van der Waals surface area contributed by atoms with Crippen LogP contribution in [-0.2, 0) is 15.7 Å². The maximum atomic E-state index is 13.6. The van der Waals surface area contributed by atoms with E-state index in [1.54, 1.807) is 27.0 Å². The number of alkyl halides is 3. The van der Waals surface area contributed by atoms with Crippen molar-refractivity contribution in [3.63, 3.8) is 0 Å². The van der Waals surface area contributed by atoms with Gasteiger partial charge in [-0.2, -0.15) is 13.2 Å². The van der Waals surface area contributed by atoms with E-state index < -0.39 is 47.2 Å². The molecule has 2 aromatic heterocycles. The minimum absolute atomic E-state index is 0.0720. The van der Waals surface area contributed by atoms with Crippen LogP contribution in [0.25, 0.3) is 5.65 Å². The maximum absolute atomic E-state index is 13.6. The number of likely N-dealkylation sites (tertiary alicyclic amines) is 1. The molecule has 3 aromatic rings. The molecule has 0 saturated carbocycles. The normalized spacial score (nSPS) is 18.2. The van der Waals surface area contributed by atoms with Crippen LogP contribution in [0.5, 0.6) is 5.75 Å². The van der Waals surface area contributed by atoms with E-state index >= 15 is 0 Å². The zero-order valence-electron chi connectivity index (χ0n) is 21.4. The molecule has 39 heavy (non-hydrogen) atoms. The monoisotopic (exact) mass is 570 g/mol. The fraction of sp³-hybridized carbons (Fsp3) is 0.423. The van der Waals surface area contributed by atoms with Crippen LogP contribution < -0.4 is 10.1 Å². The van der Waals surface area contributed by atoms with Crippen molar-refractivity contribution in [2.24, 2.45) is 0 Å². The molecular weight excluding hydrogens is 544 g/mol. The van der Waals surface area contributed by atoms with Crippen molar-refractivity contribution in [3.05, 3.63) is 64.8 Å². The highest BCUT2D eigenvalue weighted by Gasteiger charge is 2.37. The molecular formula is C26H27ClF4N4O4. The average molecular weight is 571 g/mol. The van der Waals surface area contributed by atoms with Crippen molar-refractivity contribution in [2.75, 3.05) is 13.2 Å². The first-order valence-corrected chi connectivity index (χ1v) is 12.5. The van der Waals surface area contributed by atoms with Crippen LogP contribution in [0.2, 0.25) is 5.02 Å². The molecule has 1 saturated heterocycles. The summed E-state index contributed by atoms with van der Waals surface area (Å²) < 4.78 is 65.5. The Bertz CT molecular complexity index is 1370. The number of hydrogen-bond acceptors (Lipinski definition) is 5. The van der Waals surface area contributed by atoms with Crippen molar-refractivity contribution >= 4 is 29.2 Å². The lowest BCUT2D eigenvalue weighted by atomic mass is 9.96. The van der Waals surface area contributed by atoms with Crippen LogP contribution >= 0.6 is 11.6 Å². The Morgan fingerprint density at radius 1 is 1.15 bits per heavy atom. The van der Waals surface area contributed by atoms with E-state index in [2.05, 4.69) is 10.3 Å². The number of ether oxygens (including phenoxy) is 2. The molecule has 2 atom stereocenters. The number of imidazole rings is 1. The molecule has 3 heterocycles. The summed E-state index contributed by atoms with van der Waals surface area (Å²) in [6.45, 7) is 4.82. The Kier molecular flexibility index (Phi) is 7.97. The van der Waals surface area contributed by atoms with E-state index in [1.807, 2.05) is 0 Å². The Hall–Kier alpha value is -3.54. The Morgan fingerprint density at radius 2 is 1.90 bits per heavy atom. The lowest BCUT2D eigenvalue weighted by molar-refractivity contribution is -0.137. The van der Waals surface area contributed by atoms with Gasteiger partial charge in [-0.25, -0.2) is 14.2 Å². The fourth-order valence-electron chi connectivity index (χ4n) is 4.24. The third-order valence-electron chi connectivity index (χ3n) is 5.98. The van der Waals surface area contributed by atoms with E-state index in [-0.39, 0.29) is 29.6 Å². The Morgan fingerprint density at radius 3 is 2.56 bits per heavy atom. The number of benzene rings is 1. The number of nitrogens with zero attached hydrogens (tertiary/aromatic N) is 3. The van der Waals surface area contributed by atoms with E-state index in [0.717, 1.165) is 18.2 Å². The highest BCUT2D eigenvalue weighted by Crippen LogP contribution is 2.34. The van der Waals surface area contributed by atoms with E-state index in [0.29, 0.717) is 18.5 Å². The number of hydrogen-bond donors (Lipinski definition) is 1. The summed E-state index contributed by atoms with van der Waals surface area (Å²) in [5.41, 5.74) is -1.14. The second-order valence-corrected chi connectivity index (χ2v) is 10.6. The van der Waals surface area contributed by atoms with Crippen LogP contribution in [0.15, 0.2) is 42.7 Å². The number of halogens is 5. The van der Waals surface area contributed by atoms with Crippen LogP contribution in [0.3, 0.4) is 0 Å². The molecule has 4 rings (SSSR count). The summed E-state index contributed by atoms with van der Waals surface area (Å²) in [7, 11) is 0. The zero-order valence-corrected chi connectivity index (χ0v) is 22.1. The third kappa shape index (κ3) is 7.11. The second kappa shape index (κ2) is 10.9. The van der Waals surface area contributed by atoms with Crippen molar-refractivity contribution < 1.29 is 36.6 Å². The number of nitrogens with one attached hydrogen (secondary N) is 1. The van der Waals surface area contributed by atoms with Gasteiger partial charge in [0.05, 0.1) is 22.3 Å². The summed E-state index contributed by atoms with van der Waals surface area (Å²) in [6, 6.07) is 4.67. The van der Waals surface area contributed by atoms with E-state index in [4.69, 9.17) is 21.1 Å². The number of piperidine rings is 1. The van der Waals surface area contributed by atoms with Gasteiger partial charge < -0.3 is 19.2 Å². The highest BCUT2D eigenvalue weighted by molar-refractivity contribution is 6.30. The second-order valence-electron chi connectivity index (χ2n) is 10.2. The molecule has 2 amide bonds. The quantitative estimate of drug-likeness (QED) is 0.393. The molecule has 1 N–H and O–H groups in total. The van der Waals surface area contributed by atoms with E-state index in [9.17, 15) is 27.2 Å². The summed E-state index contributed by atoms with van der Waals surface area (Å²) in [4.78, 5) is 31.4. The molecule has 210 valence electrons. The molecule has 0 unspecified atom stereocenters. The predicted octanol–water partition coefficient (Wildman–Crippen LogP) is 5.78. The van der Waals surface area contributed by atoms with Gasteiger partial charge in [-0.05, 0) is 57.9 Å². The van der Waals surface area contributed by atoms with Gasteiger partial charge in [0.15, 0.2) is 6.61 Å². The number of amides is 2. The van der Waals surface area contributed by atoms with Gasteiger partial charge in [0.2, 0.25) is 0 Å². The first-order chi connectivity index (χ1) is 18.2. The van der Waals surface area contributed by atoms with Crippen molar-refractivity contribution in [1.82, 2.24) is 19.6 Å². The van der Waals surface area contributed by atoms with Crippen LogP contribution in [-0.4, -0.2) is 51.1 Å². The van der Waals surface area contributed by atoms with Gasteiger partial charge in [-0.3, -0.25) is 9.69 Å². The van der Waals surface area contributed by atoms with Crippen molar-refractivity contribution in [2.45, 2.75) is 57.5 Å². The van der Waals surface area contributed by atoms with Gasteiger partial charge in [-0.15, -0.1) is 0 Å². The molecule has 0 aliphatic carbocycles. The predicted molar refractivity (Wildman–Crippen MR) is 134 cm³/mol. The number of pyridine rings is 1. The first-order valence-electron chi connectivity index (χ1n) is 12.1. The first kappa shape index (κ1) is 28.5. The van der Waals surface area contributed by atoms with Gasteiger partial charge in [0, 0.05) is 31.0 Å². The maximum Gasteiger partial charge on any atom is 0.416 e.